The molecule has 0 N–H and O–H groups in total. The summed E-state index contributed by atoms with van der Waals surface area (Å²) in [5, 5.41) is 0. The third-order valence-electron chi connectivity index (χ3n) is 6.83. The first-order valence-corrected chi connectivity index (χ1v) is 10.6. The fourth-order valence-electron chi connectivity index (χ4n) is 5.39. The van der Waals surface area contributed by atoms with Gasteiger partial charge in [-0.3, -0.25) is 9.59 Å². The first-order chi connectivity index (χ1) is 15.2. The minimum absolute atomic E-state index is 0.106. The van der Waals surface area contributed by atoms with Crippen LogP contribution in [0, 0.1) is 0 Å². The molecule has 0 unspecified atom stereocenters. The second-order valence-electron chi connectivity index (χ2n) is 8.42. The second kappa shape index (κ2) is 6.67. The summed E-state index contributed by atoms with van der Waals surface area (Å²) >= 11 is 0. The van der Waals surface area contributed by atoms with E-state index in [9.17, 15) is 9.59 Å². The normalized spacial score (nSPS) is 15.7. The van der Waals surface area contributed by atoms with Gasteiger partial charge in [0, 0.05) is 16.5 Å². The molecule has 0 radical (unpaired) electrons. The van der Waals surface area contributed by atoms with Gasteiger partial charge >= 0.3 is 0 Å². The predicted octanol–water partition coefficient (Wildman–Crippen LogP) is 6.18. The molecule has 4 heteroatoms. The number of benzene rings is 2. The van der Waals surface area contributed by atoms with E-state index in [1.54, 1.807) is 24.3 Å². The van der Waals surface area contributed by atoms with Crippen molar-refractivity contribution in [3.05, 3.63) is 107 Å². The number of fused-ring (bicyclic) bond motifs is 5. The first kappa shape index (κ1) is 18.1. The third-order valence-corrected chi connectivity index (χ3v) is 6.83. The summed E-state index contributed by atoms with van der Waals surface area (Å²) < 4.78 is 10.7. The molecule has 4 aromatic rings. The third kappa shape index (κ3) is 2.61. The van der Waals surface area contributed by atoms with Crippen LogP contribution >= 0.6 is 0 Å². The van der Waals surface area contributed by atoms with E-state index in [0.29, 0.717) is 22.6 Å². The van der Waals surface area contributed by atoms with Crippen LogP contribution in [0.5, 0.6) is 0 Å². The summed E-state index contributed by atoms with van der Waals surface area (Å²) in [5.41, 5.74) is 5.83. The number of ketones is 2. The van der Waals surface area contributed by atoms with Crippen LogP contribution in [0.1, 0.15) is 69.0 Å². The average Bonchev–Trinajstić information content (AvgIpc) is 3.62. The summed E-state index contributed by atoms with van der Waals surface area (Å²) in [6.07, 6.45) is 7.34. The Bertz CT molecular complexity index is 1210. The van der Waals surface area contributed by atoms with Gasteiger partial charge in [-0.25, -0.2) is 0 Å². The number of hydrogen-bond donors (Lipinski definition) is 0. The van der Waals surface area contributed by atoms with Gasteiger partial charge in [-0.05, 0) is 71.5 Å². The summed E-state index contributed by atoms with van der Waals surface area (Å²) in [5.74, 6) is 0.487. The molecule has 152 valence electrons. The maximum atomic E-state index is 12.9. The molecule has 6 rings (SSSR count). The van der Waals surface area contributed by atoms with Crippen LogP contribution in [0.15, 0.2) is 82.0 Å². The van der Waals surface area contributed by atoms with Gasteiger partial charge in [0.25, 0.3) is 0 Å². The van der Waals surface area contributed by atoms with E-state index < -0.39 is 0 Å². The minimum Gasteiger partial charge on any atom is -0.461 e. The minimum atomic E-state index is -0.149. The molecule has 0 atom stereocenters. The molecule has 1 fully saturated rings. The second-order valence-corrected chi connectivity index (χ2v) is 8.42. The molecular formula is C27H20O4. The van der Waals surface area contributed by atoms with Crippen molar-refractivity contribution in [2.75, 3.05) is 0 Å². The first-order valence-electron chi connectivity index (χ1n) is 10.6. The highest BCUT2D eigenvalue weighted by atomic mass is 16.3. The van der Waals surface area contributed by atoms with Gasteiger partial charge in [-0.1, -0.05) is 37.1 Å². The van der Waals surface area contributed by atoms with Gasteiger partial charge in [-0.2, -0.15) is 0 Å². The van der Waals surface area contributed by atoms with Crippen molar-refractivity contribution in [3.63, 3.8) is 0 Å². The zero-order chi connectivity index (χ0) is 21.0. The Morgan fingerprint density at radius 1 is 0.677 bits per heavy atom. The van der Waals surface area contributed by atoms with Crippen molar-refractivity contribution >= 4 is 11.6 Å². The van der Waals surface area contributed by atoms with E-state index in [1.807, 2.05) is 36.4 Å². The molecule has 31 heavy (non-hydrogen) atoms. The number of carbonyl (C=O) groups excluding carboxylic acids is 2. The highest BCUT2D eigenvalue weighted by molar-refractivity contribution is 6.09. The molecule has 2 aliphatic rings. The van der Waals surface area contributed by atoms with Gasteiger partial charge in [0.05, 0.1) is 12.5 Å². The fourth-order valence-corrected chi connectivity index (χ4v) is 5.39. The number of furan rings is 2. The molecule has 1 spiro atoms. The van der Waals surface area contributed by atoms with Crippen LogP contribution in [-0.4, -0.2) is 11.6 Å². The predicted molar refractivity (Wildman–Crippen MR) is 115 cm³/mol. The number of rotatable bonds is 4. The van der Waals surface area contributed by atoms with E-state index in [-0.39, 0.29) is 17.0 Å². The van der Waals surface area contributed by atoms with Crippen molar-refractivity contribution in [2.45, 2.75) is 31.1 Å². The van der Waals surface area contributed by atoms with Gasteiger partial charge in [0.1, 0.15) is 0 Å². The van der Waals surface area contributed by atoms with Crippen LogP contribution in [0.25, 0.3) is 11.1 Å². The van der Waals surface area contributed by atoms with Crippen molar-refractivity contribution in [1.82, 2.24) is 0 Å². The molecule has 0 saturated heterocycles. The molecule has 0 aliphatic heterocycles. The van der Waals surface area contributed by atoms with Gasteiger partial charge in [0.2, 0.25) is 11.6 Å². The van der Waals surface area contributed by atoms with Crippen molar-refractivity contribution in [1.29, 1.82) is 0 Å². The monoisotopic (exact) mass is 408 g/mol. The standard InChI is InChI=1S/C27H20O4/c28-25(23-5-3-13-30-23)17-7-9-19-20-10-8-18(26(29)24-6-4-14-31-24)16-22(20)27(21(19)15-17)11-1-2-12-27/h3-10,13-16H,1-2,11-12H2. The summed E-state index contributed by atoms with van der Waals surface area (Å²) in [6, 6.07) is 18.8. The van der Waals surface area contributed by atoms with Crippen molar-refractivity contribution < 1.29 is 18.4 Å². The Morgan fingerprint density at radius 2 is 1.16 bits per heavy atom. The molecule has 4 nitrogen and oxygen atoms in total. The molecule has 2 aromatic carbocycles. The number of carbonyl (C=O) groups is 2. The van der Waals surface area contributed by atoms with Gasteiger partial charge in [-0.15, -0.1) is 0 Å². The molecule has 0 amide bonds. The van der Waals surface area contributed by atoms with Crippen LogP contribution in [0.3, 0.4) is 0 Å². The van der Waals surface area contributed by atoms with Crippen LogP contribution < -0.4 is 0 Å². The Hall–Kier alpha value is -3.66. The fraction of sp³-hybridized carbons (Fsp3) is 0.185. The lowest BCUT2D eigenvalue weighted by Crippen LogP contribution is -2.21. The van der Waals surface area contributed by atoms with E-state index >= 15 is 0 Å². The highest BCUT2D eigenvalue weighted by Gasteiger charge is 2.45. The van der Waals surface area contributed by atoms with Crippen molar-refractivity contribution in [2.24, 2.45) is 0 Å². The van der Waals surface area contributed by atoms with E-state index in [0.717, 1.165) is 36.8 Å². The molecule has 2 aliphatic carbocycles. The highest BCUT2D eigenvalue weighted by Crippen LogP contribution is 2.57. The maximum absolute atomic E-state index is 12.9. The quantitative estimate of drug-likeness (QED) is 0.379. The Labute approximate surface area is 179 Å². The SMILES string of the molecule is O=C(c1ccc2c(c1)C1(CCCC1)c1cc(C(=O)c3ccco3)ccc1-2)c1ccco1. The Morgan fingerprint density at radius 3 is 1.58 bits per heavy atom. The average molecular weight is 408 g/mol. The van der Waals surface area contributed by atoms with Crippen molar-refractivity contribution in [3.8, 4) is 11.1 Å². The lowest BCUT2D eigenvalue weighted by atomic mass is 9.76. The lowest BCUT2D eigenvalue weighted by Gasteiger charge is -2.27. The zero-order valence-electron chi connectivity index (χ0n) is 16.9. The van der Waals surface area contributed by atoms with Gasteiger partial charge in [0.15, 0.2) is 11.5 Å². The smallest absolute Gasteiger partial charge is 0.228 e. The van der Waals surface area contributed by atoms with E-state index in [1.165, 1.54) is 23.7 Å². The Balaban J connectivity index is 1.48. The number of hydrogen-bond acceptors (Lipinski definition) is 4. The molecule has 2 aromatic heterocycles. The Kier molecular flexibility index (Phi) is 3.90. The summed E-state index contributed by atoms with van der Waals surface area (Å²) in [4.78, 5) is 25.8. The molecular weight excluding hydrogens is 388 g/mol. The maximum Gasteiger partial charge on any atom is 0.228 e. The van der Waals surface area contributed by atoms with Crippen LogP contribution in [-0.2, 0) is 5.41 Å². The zero-order valence-corrected chi connectivity index (χ0v) is 16.9. The lowest BCUT2D eigenvalue weighted by molar-refractivity contribution is 0.100. The molecule has 2 heterocycles. The topological polar surface area (TPSA) is 60.4 Å². The molecule has 0 bridgehead atoms. The summed E-state index contributed by atoms with van der Waals surface area (Å²) in [7, 11) is 0. The van der Waals surface area contributed by atoms with Gasteiger partial charge < -0.3 is 8.83 Å². The van der Waals surface area contributed by atoms with E-state index in [4.69, 9.17) is 8.83 Å². The summed E-state index contributed by atoms with van der Waals surface area (Å²) in [6.45, 7) is 0. The molecule has 1 saturated carbocycles. The van der Waals surface area contributed by atoms with Crippen LogP contribution in [0.2, 0.25) is 0 Å². The van der Waals surface area contributed by atoms with Crippen LogP contribution in [0.4, 0.5) is 0 Å². The van der Waals surface area contributed by atoms with E-state index in [2.05, 4.69) is 0 Å². The largest absolute Gasteiger partial charge is 0.461 e.